The zero-order valence-electron chi connectivity index (χ0n) is 21.1. The molecule has 0 radical (unpaired) electrons. The van der Waals surface area contributed by atoms with Crippen LogP contribution in [0.5, 0.6) is 5.75 Å². The number of ether oxygens (including phenoxy) is 3. The molecule has 3 aliphatic rings. The summed E-state index contributed by atoms with van der Waals surface area (Å²) in [5.41, 5.74) is 1.64. The largest absolute Gasteiger partial charge is 0.493 e. The summed E-state index contributed by atoms with van der Waals surface area (Å²) in [4.78, 5) is 29.5. The fourth-order valence-electron chi connectivity index (χ4n) is 4.24. The Morgan fingerprint density at radius 1 is 1.03 bits per heavy atom. The quantitative estimate of drug-likeness (QED) is 0.482. The molecule has 2 saturated heterocycles. The second-order valence-electron chi connectivity index (χ2n) is 10.3. The summed E-state index contributed by atoms with van der Waals surface area (Å²) in [5.74, 6) is 0.681. The van der Waals surface area contributed by atoms with Gasteiger partial charge in [0.05, 0.1) is 26.4 Å². The Labute approximate surface area is 222 Å². The number of urea groups is 2. The number of nitrogens with zero attached hydrogens (tertiary/aromatic N) is 2. The van der Waals surface area contributed by atoms with E-state index in [2.05, 4.69) is 10.6 Å². The predicted molar refractivity (Wildman–Crippen MR) is 139 cm³/mol. The zero-order chi connectivity index (χ0) is 26.0. The Morgan fingerprint density at radius 2 is 1.70 bits per heavy atom. The molecule has 5 rings (SSSR count). The van der Waals surface area contributed by atoms with Crippen LogP contribution in [0.1, 0.15) is 32.3 Å². The van der Waals surface area contributed by atoms with Gasteiger partial charge < -0.3 is 19.5 Å². The van der Waals surface area contributed by atoms with Gasteiger partial charge in [0, 0.05) is 23.2 Å². The van der Waals surface area contributed by atoms with Crippen LogP contribution in [0.25, 0.3) is 0 Å². The van der Waals surface area contributed by atoms with E-state index < -0.39 is 24.1 Å². The Kier molecular flexibility index (Phi) is 7.46. The number of amides is 4. The second-order valence-corrected chi connectivity index (χ2v) is 10.7. The molecule has 2 N–H and O–H groups in total. The molecule has 2 aromatic rings. The topological polar surface area (TPSA) is 92.4 Å². The van der Waals surface area contributed by atoms with Crippen molar-refractivity contribution >= 4 is 29.4 Å². The molecule has 198 valence electrons. The van der Waals surface area contributed by atoms with E-state index >= 15 is 0 Å². The van der Waals surface area contributed by atoms with Crippen molar-refractivity contribution in [2.45, 2.75) is 45.3 Å². The van der Waals surface area contributed by atoms with Crippen molar-refractivity contribution < 1.29 is 23.8 Å². The number of rotatable bonds is 9. The van der Waals surface area contributed by atoms with Gasteiger partial charge in [-0.25, -0.2) is 14.5 Å². The first-order valence-corrected chi connectivity index (χ1v) is 13.0. The van der Waals surface area contributed by atoms with Gasteiger partial charge in [-0.15, -0.1) is 0 Å². The Balaban J connectivity index is 1.29. The average molecular weight is 529 g/mol. The van der Waals surface area contributed by atoms with Gasteiger partial charge >= 0.3 is 12.1 Å². The van der Waals surface area contributed by atoms with Crippen LogP contribution in [0, 0.1) is 11.8 Å². The molecule has 3 fully saturated rings. The highest BCUT2D eigenvalue weighted by atomic mass is 35.5. The molecule has 1 aliphatic carbocycles. The number of anilines is 1. The summed E-state index contributed by atoms with van der Waals surface area (Å²) in [6.07, 6.45) is 1.71. The summed E-state index contributed by atoms with van der Waals surface area (Å²) >= 11 is 6.05. The molecule has 37 heavy (non-hydrogen) atoms. The Bertz CT molecular complexity index is 1100. The first-order valence-electron chi connectivity index (χ1n) is 12.7. The minimum atomic E-state index is -0.747. The third kappa shape index (κ3) is 6.66. The molecule has 4 amide bonds. The van der Waals surface area contributed by atoms with Crippen LogP contribution in [0.4, 0.5) is 15.3 Å². The van der Waals surface area contributed by atoms with Crippen molar-refractivity contribution in [2.75, 3.05) is 31.7 Å². The molecule has 1 saturated carbocycles. The van der Waals surface area contributed by atoms with Gasteiger partial charge in [0.2, 0.25) is 0 Å². The monoisotopic (exact) mass is 528 g/mol. The minimum Gasteiger partial charge on any atom is -0.493 e. The second kappa shape index (κ2) is 10.8. The lowest BCUT2D eigenvalue weighted by molar-refractivity contribution is -0.262. The molecule has 2 heterocycles. The van der Waals surface area contributed by atoms with Gasteiger partial charge in [-0.1, -0.05) is 23.7 Å². The summed E-state index contributed by atoms with van der Waals surface area (Å²) in [5, 5.41) is 6.83. The van der Waals surface area contributed by atoms with Crippen LogP contribution in [-0.4, -0.2) is 60.3 Å². The van der Waals surface area contributed by atoms with E-state index in [4.69, 9.17) is 25.8 Å². The number of carbonyl (C=O) groups excluding carboxylic acids is 2. The van der Waals surface area contributed by atoms with E-state index in [9.17, 15) is 9.59 Å². The lowest BCUT2D eigenvalue weighted by atomic mass is 10.1. The van der Waals surface area contributed by atoms with Crippen molar-refractivity contribution in [3.05, 3.63) is 59.1 Å². The van der Waals surface area contributed by atoms with Crippen LogP contribution >= 0.6 is 11.6 Å². The molecule has 1 atom stereocenters. The van der Waals surface area contributed by atoms with Gasteiger partial charge in [-0.2, -0.15) is 0 Å². The van der Waals surface area contributed by atoms with E-state index in [1.54, 1.807) is 17.0 Å². The number of carbonyl (C=O) groups is 2. The molecule has 9 nitrogen and oxygen atoms in total. The Morgan fingerprint density at radius 3 is 2.35 bits per heavy atom. The molecule has 2 aliphatic heterocycles. The number of imide groups is 1. The third-order valence-corrected chi connectivity index (χ3v) is 6.93. The van der Waals surface area contributed by atoms with Gasteiger partial charge in [0.1, 0.15) is 5.75 Å². The maximum Gasteiger partial charge on any atom is 0.331 e. The van der Waals surface area contributed by atoms with Crippen molar-refractivity contribution in [2.24, 2.45) is 11.8 Å². The summed E-state index contributed by atoms with van der Waals surface area (Å²) in [6.45, 7) is 5.69. The van der Waals surface area contributed by atoms with E-state index in [1.807, 2.05) is 50.2 Å². The van der Waals surface area contributed by atoms with Crippen LogP contribution in [0.15, 0.2) is 48.5 Å². The minimum absolute atomic E-state index is 0.118. The maximum absolute atomic E-state index is 13.6. The van der Waals surface area contributed by atoms with Crippen molar-refractivity contribution in [1.82, 2.24) is 15.1 Å². The average Bonchev–Trinajstić information content (AvgIpc) is 3.70. The smallest absolute Gasteiger partial charge is 0.331 e. The number of benzene rings is 2. The first kappa shape index (κ1) is 25.6. The van der Waals surface area contributed by atoms with Crippen LogP contribution in [-0.2, 0) is 16.0 Å². The van der Waals surface area contributed by atoms with Crippen molar-refractivity contribution in [3.8, 4) is 5.75 Å². The normalized spacial score (nSPS) is 22.1. The first-order chi connectivity index (χ1) is 17.8. The zero-order valence-corrected chi connectivity index (χ0v) is 21.9. The fourth-order valence-corrected chi connectivity index (χ4v) is 4.37. The lowest BCUT2D eigenvalue weighted by Gasteiger charge is -2.43. The van der Waals surface area contributed by atoms with Gasteiger partial charge in [0.15, 0.2) is 12.1 Å². The van der Waals surface area contributed by atoms with Gasteiger partial charge in [-0.05, 0) is 74.6 Å². The highest BCUT2D eigenvalue weighted by Gasteiger charge is 2.40. The predicted octanol–water partition coefficient (Wildman–Crippen LogP) is 4.87. The summed E-state index contributed by atoms with van der Waals surface area (Å²) in [6, 6.07) is 14.0. The number of hydrogen-bond donors (Lipinski definition) is 2. The highest BCUT2D eigenvalue weighted by molar-refractivity contribution is 6.30. The lowest BCUT2D eigenvalue weighted by Crippen LogP contribution is -2.67. The van der Waals surface area contributed by atoms with E-state index in [-0.39, 0.29) is 19.0 Å². The van der Waals surface area contributed by atoms with E-state index in [0.717, 1.165) is 23.6 Å². The molecule has 0 bridgehead atoms. The fraction of sp³-hybridized carbons (Fsp3) is 0.481. The highest BCUT2D eigenvalue weighted by Crippen LogP contribution is 2.30. The molecule has 1 unspecified atom stereocenters. The Hall–Kier alpha value is -3.01. The number of halogens is 1. The number of hydrogen-bond acceptors (Lipinski definition) is 6. The maximum atomic E-state index is 13.6. The number of nitrogens with one attached hydrogen (secondary N) is 2. The molecular weight excluding hydrogens is 496 g/mol. The van der Waals surface area contributed by atoms with Crippen LogP contribution < -0.4 is 15.4 Å². The standard InChI is InChI=1S/C27H33ClN4O5/c1-27(2)36-16-20(17-37-27)14-32-25(33)30-24(31(26(32)34)13-18-5-7-21(28)8-6-18)29-22-9-11-23(12-10-22)35-15-19-3-4-19/h5-12,19-20,24,29H,3-4,13-17H2,1-2H3,(H,30,33). The van der Waals surface area contributed by atoms with Crippen molar-refractivity contribution in [1.29, 1.82) is 0 Å². The van der Waals surface area contributed by atoms with Crippen LogP contribution in [0.2, 0.25) is 5.02 Å². The van der Waals surface area contributed by atoms with E-state index in [0.29, 0.717) is 24.2 Å². The molecule has 0 spiro atoms. The summed E-state index contributed by atoms with van der Waals surface area (Å²) in [7, 11) is 0. The molecule has 2 aromatic carbocycles. The molecular formula is C27H33ClN4O5. The molecule has 0 aromatic heterocycles. The van der Waals surface area contributed by atoms with Gasteiger partial charge in [-0.3, -0.25) is 10.2 Å². The van der Waals surface area contributed by atoms with Gasteiger partial charge in [0.25, 0.3) is 0 Å². The van der Waals surface area contributed by atoms with Crippen LogP contribution in [0.3, 0.4) is 0 Å². The SMILES string of the molecule is CC1(C)OCC(CN2C(=O)NC(Nc3ccc(OCC4CC4)cc3)N(Cc3ccc(Cl)cc3)C2=O)CO1. The van der Waals surface area contributed by atoms with E-state index in [1.165, 1.54) is 17.7 Å². The summed E-state index contributed by atoms with van der Waals surface area (Å²) < 4.78 is 17.3. The van der Waals surface area contributed by atoms with Crippen molar-refractivity contribution in [3.63, 3.8) is 0 Å². The molecule has 10 heteroatoms. The third-order valence-electron chi connectivity index (χ3n) is 6.67.